The van der Waals surface area contributed by atoms with E-state index in [1.807, 2.05) is 6.20 Å². The average Bonchev–Trinajstić information content (AvgIpc) is 3.15. The molecule has 1 aliphatic heterocycles. The second kappa shape index (κ2) is 10.1. The summed E-state index contributed by atoms with van der Waals surface area (Å²) in [5.74, 6) is -0.975. The molecular formula is C25H31F4N5O2S. The third-order valence-corrected chi connectivity index (χ3v) is 9.30. The predicted octanol–water partition coefficient (Wildman–Crippen LogP) is 4.17. The molecule has 37 heavy (non-hydrogen) atoms. The van der Waals surface area contributed by atoms with E-state index in [0.717, 1.165) is 49.4 Å². The fourth-order valence-electron chi connectivity index (χ4n) is 5.94. The number of urea groups is 1. The number of fused-ring (bicyclic) bond motifs is 1. The molecule has 2 saturated carbocycles. The fourth-order valence-corrected chi connectivity index (χ4v) is 7.04. The van der Waals surface area contributed by atoms with Gasteiger partial charge in [0, 0.05) is 60.9 Å². The number of alkyl halides is 3. The molecule has 0 spiro atoms. The summed E-state index contributed by atoms with van der Waals surface area (Å²) in [6.07, 6.45) is 0.829. The molecule has 3 fully saturated rings. The molecule has 7 nitrogen and oxygen atoms in total. The van der Waals surface area contributed by atoms with Gasteiger partial charge in [-0.3, -0.25) is 4.90 Å². The van der Waals surface area contributed by atoms with E-state index in [0.29, 0.717) is 44.6 Å². The zero-order valence-electron chi connectivity index (χ0n) is 20.3. The zero-order valence-corrected chi connectivity index (χ0v) is 21.1. The van der Waals surface area contributed by atoms with Gasteiger partial charge in [-0.05, 0) is 56.2 Å². The van der Waals surface area contributed by atoms with E-state index in [1.165, 1.54) is 4.88 Å². The van der Waals surface area contributed by atoms with E-state index in [4.69, 9.17) is 5.73 Å². The molecule has 2 heterocycles. The lowest BCUT2D eigenvalue weighted by Crippen LogP contribution is -2.48. The Labute approximate surface area is 216 Å². The molecule has 0 unspecified atom stereocenters. The number of aliphatic hydroxyl groups excluding tert-OH is 1. The van der Waals surface area contributed by atoms with Crippen molar-refractivity contribution in [3.05, 3.63) is 45.7 Å². The maximum atomic E-state index is 13.7. The normalized spacial score (nSPS) is 27.7. The number of nitrogens with zero attached hydrogens (tertiary/aromatic N) is 3. The number of carbonyl (C=O) groups is 1. The molecule has 2 amide bonds. The van der Waals surface area contributed by atoms with Gasteiger partial charge in [0.25, 0.3) is 0 Å². The third kappa shape index (κ3) is 5.47. The lowest BCUT2D eigenvalue weighted by Gasteiger charge is -2.37. The molecule has 1 aromatic heterocycles. The molecule has 0 bridgehead atoms. The lowest BCUT2D eigenvalue weighted by atomic mass is 9.84. The van der Waals surface area contributed by atoms with Crippen molar-refractivity contribution in [3.8, 4) is 0 Å². The van der Waals surface area contributed by atoms with Gasteiger partial charge in [-0.15, -0.1) is 11.3 Å². The summed E-state index contributed by atoms with van der Waals surface area (Å²) in [6, 6.07) is 1.92. The van der Waals surface area contributed by atoms with E-state index in [2.05, 4.69) is 15.2 Å². The minimum absolute atomic E-state index is 0.0717. The third-order valence-electron chi connectivity index (χ3n) is 8.06. The SMILES string of the molecule is NCc1ncc([C@]23CC[C@@H](N(CCN4CC[C@@H](O)C4)C(=O)Nc4ccc(F)c(C(F)(F)F)c4)C[C@H]2C3)s1. The number of likely N-dealkylation sites (tertiary alicyclic amines) is 1. The Morgan fingerprint density at radius 2 is 2.16 bits per heavy atom. The van der Waals surface area contributed by atoms with Gasteiger partial charge in [0.2, 0.25) is 0 Å². The number of β-amino-alcohol motifs (C(OH)–C–C–N with tert-alkyl or cyclic N) is 1. The molecule has 4 N–H and O–H groups in total. The Balaban J connectivity index is 1.30. The van der Waals surface area contributed by atoms with Crippen molar-refractivity contribution < 1.29 is 27.5 Å². The highest BCUT2D eigenvalue weighted by molar-refractivity contribution is 7.11. The quantitative estimate of drug-likeness (QED) is 0.458. The van der Waals surface area contributed by atoms with Crippen LogP contribution in [0, 0.1) is 11.7 Å². The van der Waals surface area contributed by atoms with Crippen molar-refractivity contribution >= 4 is 23.1 Å². The van der Waals surface area contributed by atoms with E-state index in [-0.39, 0.29) is 23.2 Å². The van der Waals surface area contributed by atoms with E-state index in [1.54, 1.807) is 16.2 Å². The molecule has 3 aliphatic rings. The van der Waals surface area contributed by atoms with Gasteiger partial charge >= 0.3 is 12.2 Å². The smallest absolute Gasteiger partial charge is 0.392 e. The molecule has 1 saturated heterocycles. The molecule has 5 rings (SSSR count). The van der Waals surface area contributed by atoms with Crippen molar-refractivity contribution in [3.63, 3.8) is 0 Å². The summed E-state index contributed by atoms with van der Waals surface area (Å²) < 4.78 is 53.3. The summed E-state index contributed by atoms with van der Waals surface area (Å²) in [5, 5.41) is 13.3. The van der Waals surface area contributed by atoms with Crippen LogP contribution in [0.3, 0.4) is 0 Å². The number of carbonyl (C=O) groups excluding carboxylic acids is 1. The Morgan fingerprint density at radius 1 is 1.35 bits per heavy atom. The molecule has 2 aromatic rings. The summed E-state index contributed by atoms with van der Waals surface area (Å²) in [5.41, 5.74) is 4.31. The number of thiazole rings is 1. The summed E-state index contributed by atoms with van der Waals surface area (Å²) in [6.45, 7) is 2.62. The molecule has 0 radical (unpaired) electrons. The number of nitrogens with one attached hydrogen (secondary N) is 1. The lowest BCUT2D eigenvalue weighted by molar-refractivity contribution is -0.139. The highest BCUT2D eigenvalue weighted by Crippen LogP contribution is 2.63. The standard InChI is InChI=1S/C25H31F4N5O2S/c26-20-2-1-16(10-19(20)25(27,28)29)32-23(36)34(8-7-33-6-4-18(35)14-33)17-3-5-24(11-15(24)9-17)21-13-31-22(12-30)37-21/h1-2,10,13,15,17-18,35H,3-9,11-12,14,30H2,(H,32,36)/t15-,17+,18+,24-/m0/s1. The van der Waals surface area contributed by atoms with Crippen molar-refractivity contribution in [2.45, 2.75) is 62.4 Å². The number of hydrogen-bond acceptors (Lipinski definition) is 6. The molecule has 2 aliphatic carbocycles. The van der Waals surface area contributed by atoms with Crippen LogP contribution in [0.25, 0.3) is 0 Å². The number of benzene rings is 1. The van der Waals surface area contributed by atoms with Crippen LogP contribution < -0.4 is 11.1 Å². The number of rotatable bonds is 7. The van der Waals surface area contributed by atoms with Crippen LogP contribution in [0.15, 0.2) is 24.4 Å². The number of halogens is 4. The largest absolute Gasteiger partial charge is 0.419 e. The van der Waals surface area contributed by atoms with Crippen LogP contribution in [-0.4, -0.2) is 64.2 Å². The number of hydrogen-bond donors (Lipinski definition) is 3. The molecule has 12 heteroatoms. The Bertz CT molecular complexity index is 1140. The van der Waals surface area contributed by atoms with Crippen molar-refractivity contribution in [2.24, 2.45) is 11.7 Å². The Kier molecular flexibility index (Phi) is 7.20. The first-order valence-corrected chi connectivity index (χ1v) is 13.4. The van der Waals surface area contributed by atoms with Crippen molar-refractivity contribution in [1.29, 1.82) is 0 Å². The number of amides is 2. The first-order chi connectivity index (χ1) is 17.6. The minimum atomic E-state index is -4.86. The predicted molar refractivity (Wildman–Crippen MR) is 132 cm³/mol. The van der Waals surface area contributed by atoms with Crippen LogP contribution in [0.5, 0.6) is 0 Å². The average molecular weight is 542 g/mol. The van der Waals surface area contributed by atoms with Crippen LogP contribution in [0.1, 0.15) is 47.6 Å². The van der Waals surface area contributed by atoms with Gasteiger partial charge in [0.15, 0.2) is 0 Å². The second-order valence-corrected chi connectivity index (χ2v) is 11.5. The summed E-state index contributed by atoms with van der Waals surface area (Å²) in [7, 11) is 0. The Morgan fingerprint density at radius 3 is 2.81 bits per heavy atom. The monoisotopic (exact) mass is 541 g/mol. The highest BCUT2D eigenvalue weighted by atomic mass is 32.1. The molecule has 1 aromatic carbocycles. The van der Waals surface area contributed by atoms with E-state index < -0.39 is 23.6 Å². The van der Waals surface area contributed by atoms with Gasteiger partial charge in [-0.25, -0.2) is 14.2 Å². The van der Waals surface area contributed by atoms with Crippen LogP contribution >= 0.6 is 11.3 Å². The number of aliphatic hydroxyl groups is 1. The molecule has 4 atom stereocenters. The van der Waals surface area contributed by atoms with E-state index >= 15 is 0 Å². The summed E-state index contributed by atoms with van der Waals surface area (Å²) in [4.78, 5) is 22.8. The molecule has 202 valence electrons. The second-order valence-electron chi connectivity index (χ2n) is 10.4. The van der Waals surface area contributed by atoms with Crippen LogP contribution in [-0.2, 0) is 18.1 Å². The first kappa shape index (κ1) is 26.3. The first-order valence-electron chi connectivity index (χ1n) is 12.6. The van der Waals surface area contributed by atoms with Gasteiger partial charge < -0.3 is 21.1 Å². The topological polar surface area (TPSA) is 94.7 Å². The summed E-state index contributed by atoms with van der Waals surface area (Å²) >= 11 is 1.65. The zero-order chi connectivity index (χ0) is 26.4. The van der Waals surface area contributed by atoms with Gasteiger partial charge in [0.1, 0.15) is 10.8 Å². The van der Waals surface area contributed by atoms with Gasteiger partial charge in [-0.1, -0.05) is 0 Å². The highest BCUT2D eigenvalue weighted by Gasteiger charge is 2.59. The van der Waals surface area contributed by atoms with Crippen molar-refractivity contribution in [1.82, 2.24) is 14.8 Å². The number of aromatic nitrogens is 1. The van der Waals surface area contributed by atoms with Crippen molar-refractivity contribution in [2.75, 3.05) is 31.5 Å². The van der Waals surface area contributed by atoms with E-state index in [9.17, 15) is 27.5 Å². The van der Waals surface area contributed by atoms with Crippen LogP contribution in [0.2, 0.25) is 0 Å². The van der Waals surface area contributed by atoms with Crippen LogP contribution in [0.4, 0.5) is 28.0 Å². The number of nitrogens with two attached hydrogens (primary N) is 1. The maximum absolute atomic E-state index is 13.7. The Hall–Kier alpha value is -2.28. The van der Waals surface area contributed by atoms with Gasteiger partial charge in [0.05, 0.1) is 11.7 Å². The number of anilines is 1. The minimum Gasteiger partial charge on any atom is -0.392 e. The maximum Gasteiger partial charge on any atom is 0.419 e. The van der Waals surface area contributed by atoms with Gasteiger partial charge in [-0.2, -0.15) is 13.2 Å². The fraction of sp³-hybridized carbons (Fsp3) is 0.600. The molecular weight excluding hydrogens is 510 g/mol.